The Morgan fingerprint density at radius 1 is 1.46 bits per heavy atom. The van der Waals surface area contributed by atoms with Crippen molar-refractivity contribution in [3.05, 3.63) is 21.3 Å². The van der Waals surface area contributed by atoms with Crippen LogP contribution in [0.1, 0.15) is 60.3 Å². The Morgan fingerprint density at radius 3 is 2.46 bits per heavy atom. The van der Waals surface area contributed by atoms with E-state index in [-0.39, 0.29) is 17.8 Å². The highest BCUT2D eigenvalue weighted by Crippen LogP contribution is 2.46. The van der Waals surface area contributed by atoms with Gasteiger partial charge in [0, 0.05) is 31.6 Å². The maximum Gasteiger partial charge on any atom is 0.303 e. The number of hydrogen-bond donors (Lipinski definition) is 1. The molecule has 3 atom stereocenters. The number of rotatable bonds is 7. The normalized spacial score (nSPS) is 22.6. The second-order valence-electron chi connectivity index (χ2n) is 7.39. The van der Waals surface area contributed by atoms with Crippen molar-refractivity contribution in [2.45, 2.75) is 72.4 Å². The molecule has 1 N–H and O–H groups in total. The lowest BCUT2D eigenvalue weighted by Gasteiger charge is -2.40. The smallest absolute Gasteiger partial charge is 0.303 e. The molecule has 0 amide bonds. The van der Waals surface area contributed by atoms with Crippen molar-refractivity contribution in [2.75, 3.05) is 0 Å². The number of carbonyl (C=O) groups excluding carboxylic acids is 1. The van der Waals surface area contributed by atoms with Gasteiger partial charge in [-0.15, -0.1) is 0 Å². The number of ether oxygens (including phenoxy) is 1. The molecule has 2 unspecified atom stereocenters. The fraction of sp³-hybridized carbons (Fsp3) is 0.765. The van der Waals surface area contributed by atoms with Crippen LogP contribution < -0.4 is 0 Å². The van der Waals surface area contributed by atoms with Gasteiger partial charge in [-0.2, -0.15) is 0 Å². The van der Waals surface area contributed by atoms with Gasteiger partial charge in [-0.1, -0.05) is 25.0 Å². The third-order valence-corrected chi connectivity index (χ3v) is 4.78. The van der Waals surface area contributed by atoms with Crippen LogP contribution >= 0.6 is 0 Å². The first-order chi connectivity index (χ1) is 10.9. The maximum absolute atomic E-state index is 11.3. The molecular weight excluding hydrogens is 314 g/mol. The summed E-state index contributed by atoms with van der Waals surface area (Å²) in [5.41, 5.74) is 1.80. The monoisotopic (exact) mass is 341 g/mol. The van der Waals surface area contributed by atoms with Crippen molar-refractivity contribution in [3.63, 3.8) is 0 Å². The van der Waals surface area contributed by atoms with E-state index < -0.39 is 29.0 Å². The molecule has 0 aliphatic heterocycles. The van der Waals surface area contributed by atoms with Gasteiger partial charge in [-0.3, -0.25) is 19.7 Å². The van der Waals surface area contributed by atoms with Crippen molar-refractivity contribution in [1.82, 2.24) is 0 Å². The number of carboxylic acids is 1. The van der Waals surface area contributed by atoms with Gasteiger partial charge in [0.25, 0.3) is 0 Å². The SMILES string of the molecule is CC(=O)OC(CC1=C(C)C[C@@H](CC(=O)O)CC1(C)C)C(C)[N+](=O)[O-]. The van der Waals surface area contributed by atoms with Gasteiger partial charge in [-0.05, 0) is 31.1 Å². The number of carbonyl (C=O) groups is 2. The molecule has 0 saturated heterocycles. The Labute approximate surface area is 142 Å². The first-order valence-corrected chi connectivity index (χ1v) is 8.15. The van der Waals surface area contributed by atoms with Crippen molar-refractivity contribution in [1.29, 1.82) is 0 Å². The summed E-state index contributed by atoms with van der Waals surface area (Å²) in [5, 5.41) is 20.1. The molecule has 1 aliphatic carbocycles. The molecule has 24 heavy (non-hydrogen) atoms. The molecule has 1 rings (SSSR count). The molecule has 0 aromatic heterocycles. The molecular formula is C17H27NO6. The van der Waals surface area contributed by atoms with Crippen molar-refractivity contribution in [2.24, 2.45) is 11.3 Å². The van der Waals surface area contributed by atoms with Crippen LogP contribution in [0.2, 0.25) is 0 Å². The Hall–Kier alpha value is -1.92. The van der Waals surface area contributed by atoms with E-state index in [2.05, 4.69) is 0 Å². The predicted octanol–water partition coefficient (Wildman–Crippen LogP) is 3.20. The molecule has 0 spiro atoms. The fourth-order valence-electron chi connectivity index (χ4n) is 3.75. The van der Waals surface area contributed by atoms with Crippen LogP contribution in [-0.2, 0) is 14.3 Å². The molecule has 0 bridgehead atoms. The molecule has 0 radical (unpaired) electrons. The van der Waals surface area contributed by atoms with Gasteiger partial charge in [0.2, 0.25) is 6.04 Å². The highest BCUT2D eigenvalue weighted by atomic mass is 16.6. The number of carboxylic acid groups (broad SMARTS) is 1. The fourth-order valence-corrected chi connectivity index (χ4v) is 3.75. The van der Waals surface area contributed by atoms with Crippen molar-refractivity contribution in [3.8, 4) is 0 Å². The largest absolute Gasteiger partial charge is 0.481 e. The van der Waals surface area contributed by atoms with E-state index in [0.29, 0.717) is 19.3 Å². The second kappa shape index (κ2) is 7.77. The van der Waals surface area contributed by atoms with Crippen LogP contribution in [0.3, 0.4) is 0 Å². The van der Waals surface area contributed by atoms with E-state index in [4.69, 9.17) is 9.84 Å². The maximum atomic E-state index is 11.3. The minimum Gasteiger partial charge on any atom is -0.481 e. The topological polar surface area (TPSA) is 107 Å². The molecule has 136 valence electrons. The zero-order chi connectivity index (χ0) is 18.7. The standard InChI is InChI=1S/C17H27NO6/c1-10-6-13(7-16(20)21)9-17(4,5)14(10)8-15(24-12(3)19)11(2)18(22)23/h11,13,15H,6-9H2,1-5H3,(H,20,21)/t11?,13-,15?/m0/s1. The number of aliphatic carboxylic acids is 1. The van der Waals surface area contributed by atoms with Gasteiger partial charge in [-0.25, -0.2) is 0 Å². The quantitative estimate of drug-likeness (QED) is 0.330. The molecule has 0 heterocycles. The van der Waals surface area contributed by atoms with E-state index in [1.54, 1.807) is 0 Å². The van der Waals surface area contributed by atoms with Gasteiger partial charge in [0.05, 0.1) is 0 Å². The highest BCUT2D eigenvalue weighted by Gasteiger charge is 2.39. The van der Waals surface area contributed by atoms with Crippen LogP contribution in [0.5, 0.6) is 0 Å². The Balaban J connectivity index is 3.05. The van der Waals surface area contributed by atoms with E-state index in [9.17, 15) is 19.7 Å². The van der Waals surface area contributed by atoms with Crippen LogP contribution in [-0.4, -0.2) is 34.1 Å². The minimum atomic E-state index is -0.998. The van der Waals surface area contributed by atoms with Gasteiger partial charge < -0.3 is 9.84 Å². The number of nitrogens with zero attached hydrogens (tertiary/aromatic N) is 1. The minimum absolute atomic E-state index is 0.0568. The summed E-state index contributed by atoms with van der Waals surface area (Å²) >= 11 is 0. The van der Waals surface area contributed by atoms with Crippen molar-refractivity contribution >= 4 is 11.9 Å². The number of esters is 1. The van der Waals surface area contributed by atoms with E-state index in [1.165, 1.54) is 13.8 Å². The van der Waals surface area contributed by atoms with Gasteiger partial charge in [0.1, 0.15) is 0 Å². The molecule has 0 aromatic rings. The average molecular weight is 341 g/mol. The molecule has 0 fully saturated rings. The molecule has 0 aromatic carbocycles. The molecule has 1 aliphatic rings. The third-order valence-electron chi connectivity index (χ3n) is 4.78. The number of hydrogen-bond acceptors (Lipinski definition) is 5. The lowest BCUT2D eigenvalue weighted by atomic mass is 9.66. The second-order valence-corrected chi connectivity index (χ2v) is 7.39. The Morgan fingerprint density at radius 2 is 2.04 bits per heavy atom. The lowest BCUT2D eigenvalue weighted by Crippen LogP contribution is -2.38. The summed E-state index contributed by atoms with van der Waals surface area (Å²) in [6.45, 7) is 8.65. The number of allylic oxidation sites excluding steroid dienone is 1. The summed E-state index contributed by atoms with van der Waals surface area (Å²) in [7, 11) is 0. The summed E-state index contributed by atoms with van der Waals surface area (Å²) < 4.78 is 5.20. The molecule has 7 heteroatoms. The van der Waals surface area contributed by atoms with Crippen LogP contribution in [0.4, 0.5) is 0 Å². The molecule has 0 saturated carbocycles. The average Bonchev–Trinajstić information content (AvgIpc) is 2.38. The predicted molar refractivity (Wildman–Crippen MR) is 88.1 cm³/mol. The first kappa shape index (κ1) is 20.1. The van der Waals surface area contributed by atoms with Gasteiger partial charge in [0.15, 0.2) is 6.10 Å². The van der Waals surface area contributed by atoms with E-state index >= 15 is 0 Å². The summed E-state index contributed by atoms with van der Waals surface area (Å²) in [6.07, 6.45) is 0.960. The lowest BCUT2D eigenvalue weighted by molar-refractivity contribution is -0.529. The van der Waals surface area contributed by atoms with Gasteiger partial charge >= 0.3 is 11.9 Å². The van der Waals surface area contributed by atoms with E-state index in [0.717, 1.165) is 11.1 Å². The number of nitro groups is 1. The van der Waals surface area contributed by atoms with Crippen LogP contribution in [0.25, 0.3) is 0 Å². The Bertz CT molecular complexity index is 551. The summed E-state index contributed by atoms with van der Waals surface area (Å²) in [5.74, 6) is -1.29. The Kier molecular flexibility index (Phi) is 6.51. The highest BCUT2D eigenvalue weighted by molar-refractivity contribution is 5.67. The summed E-state index contributed by atoms with van der Waals surface area (Å²) in [6, 6.07) is -0.998. The third kappa shape index (κ3) is 5.32. The zero-order valence-electron chi connectivity index (χ0n) is 15.0. The first-order valence-electron chi connectivity index (χ1n) is 8.15. The van der Waals surface area contributed by atoms with Crippen molar-refractivity contribution < 1.29 is 24.4 Å². The van der Waals surface area contributed by atoms with Crippen LogP contribution in [0.15, 0.2) is 11.1 Å². The van der Waals surface area contributed by atoms with Crippen LogP contribution in [0, 0.1) is 21.4 Å². The van der Waals surface area contributed by atoms with E-state index in [1.807, 2.05) is 20.8 Å². The molecule has 7 nitrogen and oxygen atoms in total. The summed E-state index contributed by atoms with van der Waals surface area (Å²) in [4.78, 5) is 33.0. The zero-order valence-corrected chi connectivity index (χ0v) is 15.0.